The van der Waals surface area contributed by atoms with Crippen molar-refractivity contribution in [3.63, 3.8) is 0 Å². The Bertz CT molecular complexity index is 295. The molecule has 0 aromatic heterocycles. The zero-order valence-corrected chi connectivity index (χ0v) is 7.99. The van der Waals surface area contributed by atoms with Crippen molar-refractivity contribution in [2.45, 2.75) is 13.2 Å². The molecule has 0 aliphatic carbocycles. The largest absolute Gasteiger partial charge is 0.465 e. The maximum absolute atomic E-state index is 10.2. The first-order valence-electron chi connectivity index (χ1n) is 4.26. The molecule has 1 rings (SSSR count). The molecule has 0 spiro atoms. The summed E-state index contributed by atoms with van der Waals surface area (Å²) in [7, 11) is 1.64. The van der Waals surface area contributed by atoms with E-state index in [0.29, 0.717) is 13.2 Å². The Morgan fingerprint density at radius 3 is 2.43 bits per heavy atom. The van der Waals surface area contributed by atoms with E-state index in [1.807, 2.05) is 24.3 Å². The summed E-state index contributed by atoms with van der Waals surface area (Å²) >= 11 is 0. The number of carbonyl (C=O) groups is 1. The third-order valence-corrected chi connectivity index (χ3v) is 1.78. The van der Waals surface area contributed by atoms with Crippen LogP contribution in [0.5, 0.6) is 0 Å². The summed E-state index contributed by atoms with van der Waals surface area (Å²) in [4.78, 5) is 10.2. The van der Waals surface area contributed by atoms with Crippen molar-refractivity contribution < 1.29 is 14.6 Å². The van der Waals surface area contributed by atoms with Crippen molar-refractivity contribution in [3.05, 3.63) is 35.4 Å². The van der Waals surface area contributed by atoms with Gasteiger partial charge in [0.15, 0.2) is 0 Å². The average molecular weight is 195 g/mol. The molecule has 0 bridgehead atoms. The van der Waals surface area contributed by atoms with Gasteiger partial charge in [0, 0.05) is 13.7 Å². The first-order chi connectivity index (χ1) is 6.72. The van der Waals surface area contributed by atoms with Crippen LogP contribution < -0.4 is 5.32 Å². The second-order valence-electron chi connectivity index (χ2n) is 2.91. The Hall–Kier alpha value is -1.55. The Kier molecular flexibility index (Phi) is 3.94. The van der Waals surface area contributed by atoms with E-state index >= 15 is 0 Å². The van der Waals surface area contributed by atoms with Gasteiger partial charge in [0.25, 0.3) is 0 Å². The standard InChI is InChI=1S/C10H13NO3/c1-14-7-9-4-2-8(3-5-9)6-11-10(12)13/h2-5,11H,6-7H2,1H3,(H,12,13). The molecule has 0 aliphatic rings. The minimum Gasteiger partial charge on any atom is -0.465 e. The lowest BCUT2D eigenvalue weighted by atomic mass is 10.1. The van der Waals surface area contributed by atoms with E-state index < -0.39 is 6.09 Å². The minimum absolute atomic E-state index is 0.336. The van der Waals surface area contributed by atoms with Crippen LogP contribution in [0.15, 0.2) is 24.3 Å². The van der Waals surface area contributed by atoms with Gasteiger partial charge in [0.05, 0.1) is 6.61 Å². The van der Waals surface area contributed by atoms with Crippen LogP contribution in [0.2, 0.25) is 0 Å². The van der Waals surface area contributed by atoms with Crippen LogP contribution in [-0.2, 0) is 17.9 Å². The molecule has 0 radical (unpaired) electrons. The second kappa shape index (κ2) is 5.24. The second-order valence-corrected chi connectivity index (χ2v) is 2.91. The maximum Gasteiger partial charge on any atom is 0.404 e. The molecule has 14 heavy (non-hydrogen) atoms. The van der Waals surface area contributed by atoms with Gasteiger partial charge in [0.1, 0.15) is 0 Å². The zero-order chi connectivity index (χ0) is 10.4. The van der Waals surface area contributed by atoms with Crippen LogP contribution in [0.3, 0.4) is 0 Å². The molecule has 0 unspecified atom stereocenters. The minimum atomic E-state index is -1.01. The lowest BCUT2D eigenvalue weighted by Gasteiger charge is -2.03. The first kappa shape index (κ1) is 10.5. The van der Waals surface area contributed by atoms with Gasteiger partial charge < -0.3 is 15.2 Å². The molecule has 0 fully saturated rings. The van der Waals surface area contributed by atoms with Gasteiger partial charge in [-0.3, -0.25) is 0 Å². The molecular weight excluding hydrogens is 182 g/mol. The van der Waals surface area contributed by atoms with Crippen molar-refractivity contribution in [1.82, 2.24) is 5.32 Å². The normalized spacial score (nSPS) is 9.79. The van der Waals surface area contributed by atoms with Crippen LogP contribution in [-0.4, -0.2) is 18.3 Å². The Balaban J connectivity index is 2.50. The van der Waals surface area contributed by atoms with Gasteiger partial charge in [-0.25, -0.2) is 4.79 Å². The Labute approximate surface area is 82.5 Å². The van der Waals surface area contributed by atoms with E-state index in [1.165, 1.54) is 0 Å². The highest BCUT2D eigenvalue weighted by atomic mass is 16.5. The van der Waals surface area contributed by atoms with Crippen LogP contribution in [0, 0.1) is 0 Å². The van der Waals surface area contributed by atoms with Crippen molar-refractivity contribution in [2.75, 3.05) is 7.11 Å². The third kappa shape index (κ3) is 3.45. The van der Waals surface area contributed by atoms with Crippen LogP contribution >= 0.6 is 0 Å². The summed E-state index contributed by atoms with van der Waals surface area (Å²) in [6, 6.07) is 7.60. The number of amides is 1. The molecule has 1 amide bonds. The predicted molar refractivity (Wildman–Crippen MR) is 52.0 cm³/mol. The SMILES string of the molecule is COCc1ccc(CNC(=O)O)cc1. The Morgan fingerprint density at radius 2 is 1.93 bits per heavy atom. The highest BCUT2D eigenvalue weighted by Gasteiger charge is 1.96. The van der Waals surface area contributed by atoms with Crippen molar-refractivity contribution in [1.29, 1.82) is 0 Å². The first-order valence-corrected chi connectivity index (χ1v) is 4.26. The molecule has 2 N–H and O–H groups in total. The van der Waals surface area contributed by atoms with Crippen molar-refractivity contribution in [2.24, 2.45) is 0 Å². The average Bonchev–Trinajstić information content (AvgIpc) is 2.17. The van der Waals surface area contributed by atoms with E-state index in [-0.39, 0.29) is 0 Å². The van der Waals surface area contributed by atoms with E-state index in [0.717, 1.165) is 11.1 Å². The van der Waals surface area contributed by atoms with E-state index in [9.17, 15) is 4.79 Å². The molecule has 4 heteroatoms. The molecule has 1 aromatic rings. The fourth-order valence-corrected chi connectivity index (χ4v) is 1.10. The molecule has 0 aliphatic heterocycles. The lowest BCUT2D eigenvalue weighted by Crippen LogP contribution is -2.19. The third-order valence-electron chi connectivity index (χ3n) is 1.78. The number of ether oxygens (including phenoxy) is 1. The molecule has 4 nitrogen and oxygen atoms in total. The van der Waals surface area contributed by atoms with Crippen LogP contribution in [0.1, 0.15) is 11.1 Å². The number of hydrogen-bond donors (Lipinski definition) is 2. The van der Waals surface area contributed by atoms with Gasteiger partial charge in [-0.15, -0.1) is 0 Å². The molecule has 76 valence electrons. The molecule has 0 saturated carbocycles. The molecule has 1 aromatic carbocycles. The molecular formula is C10H13NO3. The lowest BCUT2D eigenvalue weighted by molar-refractivity contribution is 0.185. The summed E-state index contributed by atoms with van der Waals surface area (Å²) < 4.78 is 4.96. The monoisotopic (exact) mass is 195 g/mol. The fourth-order valence-electron chi connectivity index (χ4n) is 1.10. The topological polar surface area (TPSA) is 58.6 Å². The summed E-state index contributed by atoms with van der Waals surface area (Å²) in [5.74, 6) is 0. The zero-order valence-electron chi connectivity index (χ0n) is 7.99. The predicted octanol–water partition coefficient (Wildman–Crippen LogP) is 1.60. The number of methoxy groups -OCH3 is 1. The van der Waals surface area contributed by atoms with Gasteiger partial charge in [0.2, 0.25) is 0 Å². The van der Waals surface area contributed by atoms with Gasteiger partial charge >= 0.3 is 6.09 Å². The molecule has 0 saturated heterocycles. The van der Waals surface area contributed by atoms with Gasteiger partial charge in [-0.05, 0) is 11.1 Å². The Morgan fingerprint density at radius 1 is 1.36 bits per heavy atom. The van der Waals surface area contributed by atoms with Gasteiger partial charge in [-0.2, -0.15) is 0 Å². The number of rotatable bonds is 4. The number of hydrogen-bond acceptors (Lipinski definition) is 2. The summed E-state index contributed by atoms with van der Waals surface area (Å²) in [5.41, 5.74) is 2.01. The highest BCUT2D eigenvalue weighted by molar-refractivity contribution is 5.64. The van der Waals surface area contributed by atoms with Crippen LogP contribution in [0.4, 0.5) is 4.79 Å². The molecule has 0 heterocycles. The molecule has 0 atom stereocenters. The van der Waals surface area contributed by atoms with Gasteiger partial charge in [-0.1, -0.05) is 24.3 Å². The maximum atomic E-state index is 10.2. The number of carboxylic acid groups (broad SMARTS) is 1. The summed E-state index contributed by atoms with van der Waals surface area (Å²) in [6.07, 6.45) is -1.01. The van der Waals surface area contributed by atoms with E-state index in [4.69, 9.17) is 9.84 Å². The number of nitrogens with one attached hydrogen (secondary N) is 1. The summed E-state index contributed by atoms with van der Waals surface area (Å²) in [5, 5.41) is 10.7. The van der Waals surface area contributed by atoms with E-state index in [2.05, 4.69) is 5.32 Å². The quantitative estimate of drug-likeness (QED) is 0.767. The van der Waals surface area contributed by atoms with Crippen molar-refractivity contribution in [3.8, 4) is 0 Å². The smallest absolute Gasteiger partial charge is 0.404 e. The van der Waals surface area contributed by atoms with Crippen LogP contribution in [0.25, 0.3) is 0 Å². The summed E-state index contributed by atoms with van der Waals surface area (Å²) in [6.45, 7) is 0.912. The fraction of sp³-hybridized carbons (Fsp3) is 0.300. The van der Waals surface area contributed by atoms with E-state index in [1.54, 1.807) is 7.11 Å². The highest BCUT2D eigenvalue weighted by Crippen LogP contribution is 2.04. The van der Waals surface area contributed by atoms with Crippen molar-refractivity contribution >= 4 is 6.09 Å². The number of benzene rings is 1.